The van der Waals surface area contributed by atoms with Gasteiger partial charge >= 0.3 is 0 Å². The number of allylic oxidation sites excluding steroid dienone is 1. The molecule has 4 fully saturated rings. The second-order valence-electron chi connectivity index (χ2n) is 12.9. The number of aliphatic hydroxyl groups is 2. The second-order valence-corrected chi connectivity index (χ2v) is 12.9. The van der Waals surface area contributed by atoms with E-state index in [1.165, 1.54) is 38.5 Å². The van der Waals surface area contributed by atoms with Crippen molar-refractivity contribution in [1.82, 2.24) is 5.32 Å². The molecule has 0 amide bonds. The van der Waals surface area contributed by atoms with E-state index in [1.807, 2.05) is 0 Å². The molecule has 4 aliphatic carbocycles. The van der Waals surface area contributed by atoms with E-state index in [2.05, 4.69) is 46.5 Å². The Kier molecular flexibility index (Phi) is 6.60. The van der Waals surface area contributed by atoms with Crippen molar-refractivity contribution in [1.29, 1.82) is 0 Å². The molecule has 0 aromatic heterocycles. The zero-order chi connectivity index (χ0) is 22.6. The molecule has 4 saturated carbocycles. The Morgan fingerprint density at radius 3 is 2.32 bits per heavy atom. The summed E-state index contributed by atoms with van der Waals surface area (Å²) in [6, 6.07) is 1.06. The monoisotopic (exact) mass is 431 g/mol. The number of hydrogen-bond donors (Lipinski definition) is 3. The quantitative estimate of drug-likeness (QED) is 0.422. The van der Waals surface area contributed by atoms with E-state index in [0.29, 0.717) is 40.5 Å². The van der Waals surface area contributed by atoms with Crippen molar-refractivity contribution in [3.05, 3.63) is 12.3 Å². The fourth-order valence-electron chi connectivity index (χ4n) is 9.50. The number of rotatable bonds is 6. The van der Waals surface area contributed by atoms with Gasteiger partial charge in [-0.25, -0.2) is 0 Å². The molecule has 0 saturated heterocycles. The first-order chi connectivity index (χ1) is 14.6. The lowest BCUT2D eigenvalue weighted by Gasteiger charge is -2.63. The second kappa shape index (κ2) is 8.67. The Bertz CT molecular complexity index is 661. The zero-order valence-corrected chi connectivity index (χ0v) is 20.9. The lowest BCUT2D eigenvalue weighted by atomic mass is 9.43. The van der Waals surface area contributed by atoms with Crippen LogP contribution in [-0.4, -0.2) is 28.4 Å². The average Bonchev–Trinajstić information content (AvgIpc) is 3.04. The van der Waals surface area contributed by atoms with Gasteiger partial charge in [0.15, 0.2) is 0 Å². The van der Waals surface area contributed by atoms with Crippen LogP contribution in [0, 0.1) is 46.3 Å². The minimum atomic E-state index is -0.0991. The highest BCUT2D eigenvalue weighted by Gasteiger charge is 2.62. The zero-order valence-electron chi connectivity index (χ0n) is 20.9. The molecule has 0 aromatic rings. The summed E-state index contributed by atoms with van der Waals surface area (Å²) in [5.41, 5.74) is 0.839. The van der Waals surface area contributed by atoms with Gasteiger partial charge in [-0.2, -0.15) is 0 Å². The van der Waals surface area contributed by atoms with Gasteiger partial charge in [-0.3, -0.25) is 0 Å². The number of fused-ring (bicyclic) bond motifs is 5. The Labute approximate surface area is 191 Å². The third-order valence-corrected chi connectivity index (χ3v) is 10.9. The molecule has 1 unspecified atom stereocenters. The average molecular weight is 432 g/mol. The minimum absolute atomic E-state index is 0.0991. The van der Waals surface area contributed by atoms with Crippen LogP contribution in [0.3, 0.4) is 0 Å². The van der Waals surface area contributed by atoms with Crippen molar-refractivity contribution in [2.75, 3.05) is 0 Å². The van der Waals surface area contributed by atoms with Crippen LogP contribution in [0.4, 0.5) is 0 Å². The van der Waals surface area contributed by atoms with Crippen molar-refractivity contribution < 1.29 is 10.2 Å². The highest BCUT2D eigenvalue weighted by molar-refractivity contribution is 5.12. The first-order valence-electron chi connectivity index (χ1n) is 13.4. The van der Waals surface area contributed by atoms with Gasteiger partial charge in [-0.1, -0.05) is 41.2 Å². The molecule has 178 valence electrons. The van der Waals surface area contributed by atoms with E-state index in [9.17, 15) is 10.2 Å². The first-order valence-corrected chi connectivity index (χ1v) is 13.4. The van der Waals surface area contributed by atoms with Crippen LogP contribution in [-0.2, 0) is 0 Å². The van der Waals surface area contributed by atoms with E-state index < -0.39 is 0 Å². The van der Waals surface area contributed by atoms with Crippen LogP contribution in [0.5, 0.6) is 0 Å². The van der Waals surface area contributed by atoms with Gasteiger partial charge in [-0.15, -0.1) is 0 Å². The van der Waals surface area contributed by atoms with Crippen LogP contribution in [0.2, 0.25) is 0 Å². The summed E-state index contributed by atoms with van der Waals surface area (Å²) in [7, 11) is 0. The van der Waals surface area contributed by atoms with Gasteiger partial charge in [0.2, 0.25) is 0 Å². The van der Waals surface area contributed by atoms with Crippen LogP contribution in [0.1, 0.15) is 98.8 Å². The fourth-order valence-corrected chi connectivity index (χ4v) is 9.50. The predicted octanol–water partition coefficient (Wildman–Crippen LogP) is 6.47. The number of hydrogen-bond acceptors (Lipinski definition) is 3. The Hall–Kier alpha value is -0.540. The number of aliphatic hydroxyl groups excluding tert-OH is 2. The van der Waals surface area contributed by atoms with Gasteiger partial charge in [0.1, 0.15) is 0 Å². The lowest BCUT2D eigenvalue weighted by molar-refractivity contribution is -0.142. The van der Waals surface area contributed by atoms with Crippen LogP contribution in [0.25, 0.3) is 0 Å². The maximum Gasteiger partial charge on any atom is 0.0851 e. The maximum atomic E-state index is 10.5. The number of nitrogens with one attached hydrogen (secondary N) is 1. The molecule has 4 aliphatic rings. The summed E-state index contributed by atoms with van der Waals surface area (Å²) in [4.78, 5) is 0. The largest absolute Gasteiger partial charge is 0.513 e. The van der Waals surface area contributed by atoms with Crippen LogP contribution >= 0.6 is 0 Å². The third-order valence-electron chi connectivity index (χ3n) is 10.9. The highest BCUT2D eigenvalue weighted by atomic mass is 16.3. The summed E-state index contributed by atoms with van der Waals surface area (Å²) >= 11 is 0. The highest BCUT2D eigenvalue weighted by Crippen LogP contribution is 2.68. The molecule has 0 spiro atoms. The van der Waals surface area contributed by atoms with Crippen molar-refractivity contribution >= 4 is 0 Å². The van der Waals surface area contributed by atoms with Gasteiger partial charge < -0.3 is 15.5 Å². The third kappa shape index (κ3) is 4.12. The SMILES string of the molecule is C=C(O)CC[C@@H](C)[C@H]1CC[C@H]2[C@@H]3CC(NC(C)C)[C@@H]4C[C@H](O)CC[C@]4(C)[C@H]3CC[C@]12C. The smallest absolute Gasteiger partial charge is 0.0851 e. The molecule has 4 rings (SSSR count). The Morgan fingerprint density at radius 1 is 0.968 bits per heavy atom. The van der Waals surface area contributed by atoms with Crippen LogP contribution < -0.4 is 5.32 Å². The standard InChI is InChI=1S/C28H49NO2/c1-17(2)29-26-16-21-23-10-9-22(18(3)7-8-19(4)30)27(23,5)14-12-24(21)28(6)13-11-20(31)15-25(26)28/h17-18,20-26,29-31H,4,7-16H2,1-3,5-6H3/t18-,20-,21+,22-,23+,24+,25+,26?,27-,28-/m1/s1. The maximum absolute atomic E-state index is 10.5. The molecule has 3 nitrogen and oxygen atoms in total. The van der Waals surface area contributed by atoms with E-state index in [0.717, 1.165) is 49.4 Å². The summed E-state index contributed by atoms with van der Waals surface area (Å²) in [5.74, 6) is 4.93. The molecule has 0 bridgehead atoms. The minimum Gasteiger partial charge on any atom is -0.513 e. The van der Waals surface area contributed by atoms with Gasteiger partial charge in [-0.05, 0) is 104 Å². The summed E-state index contributed by atoms with van der Waals surface area (Å²) < 4.78 is 0. The normalized spacial score (nSPS) is 48.0. The Balaban J connectivity index is 1.58. The van der Waals surface area contributed by atoms with E-state index in [-0.39, 0.29) is 6.10 Å². The first kappa shape index (κ1) is 23.6. The topological polar surface area (TPSA) is 52.5 Å². The van der Waals surface area contributed by atoms with Crippen molar-refractivity contribution in [2.24, 2.45) is 46.3 Å². The molecule has 0 radical (unpaired) electrons. The van der Waals surface area contributed by atoms with Gasteiger partial charge in [0.25, 0.3) is 0 Å². The molecule has 0 aliphatic heterocycles. The lowest BCUT2D eigenvalue weighted by Crippen LogP contribution is -2.61. The van der Waals surface area contributed by atoms with Crippen LogP contribution in [0.15, 0.2) is 12.3 Å². The molecule has 3 N–H and O–H groups in total. The fraction of sp³-hybridized carbons (Fsp3) is 0.929. The molecular formula is C28H49NO2. The molecule has 3 heteroatoms. The van der Waals surface area contributed by atoms with Crippen molar-refractivity contribution in [3.8, 4) is 0 Å². The van der Waals surface area contributed by atoms with Gasteiger partial charge in [0, 0.05) is 18.5 Å². The molecular weight excluding hydrogens is 382 g/mol. The molecule has 31 heavy (non-hydrogen) atoms. The summed E-state index contributed by atoms with van der Waals surface area (Å²) in [6.07, 6.45) is 11.8. The van der Waals surface area contributed by atoms with E-state index in [4.69, 9.17) is 0 Å². The summed E-state index contributed by atoms with van der Waals surface area (Å²) in [6.45, 7) is 15.9. The van der Waals surface area contributed by atoms with Gasteiger partial charge in [0.05, 0.1) is 11.9 Å². The molecule has 0 heterocycles. The van der Waals surface area contributed by atoms with E-state index in [1.54, 1.807) is 0 Å². The van der Waals surface area contributed by atoms with Crippen molar-refractivity contribution in [3.63, 3.8) is 0 Å². The van der Waals surface area contributed by atoms with E-state index >= 15 is 0 Å². The predicted molar refractivity (Wildman–Crippen MR) is 129 cm³/mol. The Morgan fingerprint density at radius 2 is 1.65 bits per heavy atom. The summed E-state index contributed by atoms with van der Waals surface area (Å²) in [5, 5.41) is 24.1. The van der Waals surface area contributed by atoms with Crippen molar-refractivity contribution in [2.45, 2.75) is 117 Å². The molecule has 10 atom stereocenters. The molecule has 0 aromatic carbocycles.